The predicted molar refractivity (Wildman–Crippen MR) is 132 cm³/mol. The third kappa shape index (κ3) is 6.19. The number of halogens is 2. The molecule has 3 aromatic rings. The van der Waals surface area contributed by atoms with E-state index in [-0.39, 0.29) is 26.7 Å². The molecule has 0 saturated heterocycles. The third-order valence-electron chi connectivity index (χ3n) is 5.02. The van der Waals surface area contributed by atoms with Gasteiger partial charge in [0.15, 0.2) is 0 Å². The molecule has 1 N–H and O–H groups in total. The van der Waals surface area contributed by atoms with Crippen LogP contribution in [0.2, 0.25) is 10.0 Å². The summed E-state index contributed by atoms with van der Waals surface area (Å²) in [6.45, 7) is 3.22. The van der Waals surface area contributed by atoms with Crippen molar-refractivity contribution in [1.29, 1.82) is 0 Å². The lowest BCUT2D eigenvalue weighted by Gasteiger charge is -2.25. The van der Waals surface area contributed by atoms with Gasteiger partial charge in [-0.3, -0.25) is 9.10 Å². The Kier molecular flexibility index (Phi) is 7.89. The van der Waals surface area contributed by atoms with Gasteiger partial charge in [-0.25, -0.2) is 8.42 Å². The average molecular weight is 507 g/mol. The van der Waals surface area contributed by atoms with E-state index in [0.717, 1.165) is 15.4 Å². The molecular weight excluding hydrogens is 483 g/mol. The molecule has 0 heterocycles. The van der Waals surface area contributed by atoms with E-state index in [4.69, 9.17) is 27.9 Å². The van der Waals surface area contributed by atoms with E-state index < -0.39 is 22.5 Å². The molecule has 9 heteroatoms. The standard InChI is InChI=1S/C24H24Cl2N2O4S/c1-16-4-10-23(11-5-16)33(30,31)28(21-13-19(25)12-20(26)14-21)15-24(29)27-17(2)18-6-8-22(32-3)9-7-18/h4-14,17H,15H2,1-3H3,(H,27,29)/t17-/m1/s1. The van der Waals surface area contributed by atoms with Gasteiger partial charge in [0.1, 0.15) is 12.3 Å². The minimum absolute atomic E-state index is 0.0557. The second-order valence-electron chi connectivity index (χ2n) is 7.51. The van der Waals surface area contributed by atoms with E-state index in [9.17, 15) is 13.2 Å². The van der Waals surface area contributed by atoms with E-state index in [0.29, 0.717) is 5.75 Å². The largest absolute Gasteiger partial charge is 0.497 e. The van der Waals surface area contributed by atoms with Crippen molar-refractivity contribution in [3.8, 4) is 5.75 Å². The number of ether oxygens (including phenoxy) is 1. The molecule has 3 aromatic carbocycles. The molecule has 1 amide bonds. The fourth-order valence-corrected chi connectivity index (χ4v) is 5.15. The number of carbonyl (C=O) groups is 1. The first-order valence-electron chi connectivity index (χ1n) is 10.1. The SMILES string of the molecule is COc1ccc([C@@H](C)NC(=O)CN(c2cc(Cl)cc(Cl)c2)S(=O)(=O)c2ccc(C)cc2)cc1. The van der Waals surface area contributed by atoms with Crippen LogP contribution in [0.3, 0.4) is 0 Å². The van der Waals surface area contributed by atoms with E-state index in [2.05, 4.69) is 5.32 Å². The van der Waals surface area contributed by atoms with E-state index in [1.165, 1.54) is 30.3 Å². The smallest absolute Gasteiger partial charge is 0.264 e. The maximum Gasteiger partial charge on any atom is 0.264 e. The van der Waals surface area contributed by atoms with Gasteiger partial charge in [0, 0.05) is 10.0 Å². The lowest BCUT2D eigenvalue weighted by Crippen LogP contribution is -2.41. The highest BCUT2D eigenvalue weighted by molar-refractivity contribution is 7.92. The van der Waals surface area contributed by atoms with Crippen LogP contribution in [0.5, 0.6) is 5.75 Å². The molecule has 0 aliphatic rings. The summed E-state index contributed by atoms with van der Waals surface area (Å²) in [6, 6.07) is 17.7. The maximum atomic E-state index is 13.5. The molecule has 6 nitrogen and oxygen atoms in total. The van der Waals surface area contributed by atoms with Crippen molar-refractivity contribution in [2.24, 2.45) is 0 Å². The Morgan fingerprint density at radius 3 is 2.12 bits per heavy atom. The van der Waals surface area contributed by atoms with Crippen LogP contribution in [-0.2, 0) is 14.8 Å². The van der Waals surface area contributed by atoms with Crippen LogP contribution in [0.15, 0.2) is 71.6 Å². The molecule has 0 fully saturated rings. The monoisotopic (exact) mass is 506 g/mol. The number of amides is 1. The fourth-order valence-electron chi connectivity index (χ4n) is 3.23. The second-order valence-corrected chi connectivity index (χ2v) is 10.2. The number of nitrogens with zero attached hydrogens (tertiary/aromatic N) is 1. The molecule has 0 aromatic heterocycles. The molecule has 3 rings (SSSR count). The van der Waals surface area contributed by atoms with Gasteiger partial charge in [-0.05, 0) is 61.9 Å². The molecular formula is C24H24Cl2N2O4S. The van der Waals surface area contributed by atoms with Crippen LogP contribution in [-0.4, -0.2) is 28.0 Å². The number of aryl methyl sites for hydroxylation is 1. The number of hydrogen-bond acceptors (Lipinski definition) is 4. The normalized spacial score (nSPS) is 12.2. The summed E-state index contributed by atoms with van der Waals surface area (Å²) in [4.78, 5) is 13.0. The van der Waals surface area contributed by atoms with Crippen LogP contribution in [0.25, 0.3) is 0 Å². The van der Waals surface area contributed by atoms with Crippen molar-refractivity contribution in [2.75, 3.05) is 18.0 Å². The van der Waals surface area contributed by atoms with Gasteiger partial charge in [-0.15, -0.1) is 0 Å². The Morgan fingerprint density at radius 1 is 1.00 bits per heavy atom. The molecule has 0 aliphatic heterocycles. The number of anilines is 1. The number of carbonyl (C=O) groups excluding carboxylic acids is 1. The maximum absolute atomic E-state index is 13.5. The molecule has 0 spiro atoms. The van der Waals surface area contributed by atoms with Crippen LogP contribution in [0.4, 0.5) is 5.69 Å². The number of sulfonamides is 1. The van der Waals surface area contributed by atoms with Gasteiger partial charge in [-0.2, -0.15) is 0 Å². The highest BCUT2D eigenvalue weighted by Gasteiger charge is 2.28. The van der Waals surface area contributed by atoms with Gasteiger partial charge >= 0.3 is 0 Å². The average Bonchev–Trinajstić information content (AvgIpc) is 2.77. The molecule has 0 saturated carbocycles. The van der Waals surface area contributed by atoms with E-state index in [1.54, 1.807) is 31.4 Å². The van der Waals surface area contributed by atoms with Gasteiger partial charge in [-0.1, -0.05) is 53.0 Å². The first-order valence-corrected chi connectivity index (χ1v) is 12.3. The van der Waals surface area contributed by atoms with Crippen molar-refractivity contribution >= 4 is 44.8 Å². The summed E-state index contributed by atoms with van der Waals surface area (Å²) in [5, 5.41) is 3.36. The Balaban J connectivity index is 1.90. The van der Waals surface area contributed by atoms with Crippen molar-refractivity contribution in [3.05, 3.63) is 87.9 Å². The summed E-state index contributed by atoms with van der Waals surface area (Å²) < 4.78 is 33.1. The first kappa shape index (κ1) is 24.9. The number of methoxy groups -OCH3 is 1. The van der Waals surface area contributed by atoms with E-state index >= 15 is 0 Å². The van der Waals surface area contributed by atoms with E-state index in [1.807, 2.05) is 26.0 Å². The third-order valence-corrected chi connectivity index (χ3v) is 7.25. The number of rotatable bonds is 8. The quantitative estimate of drug-likeness (QED) is 0.444. The summed E-state index contributed by atoms with van der Waals surface area (Å²) in [7, 11) is -2.50. The minimum atomic E-state index is -4.07. The molecule has 0 unspecified atom stereocenters. The van der Waals surface area contributed by atoms with Crippen molar-refractivity contribution < 1.29 is 17.9 Å². The lowest BCUT2D eigenvalue weighted by atomic mass is 10.1. The van der Waals surface area contributed by atoms with Crippen molar-refractivity contribution in [3.63, 3.8) is 0 Å². The number of nitrogens with one attached hydrogen (secondary N) is 1. The Morgan fingerprint density at radius 2 is 1.58 bits per heavy atom. The van der Waals surface area contributed by atoms with Crippen molar-refractivity contribution in [2.45, 2.75) is 24.8 Å². The van der Waals surface area contributed by atoms with Crippen LogP contribution in [0, 0.1) is 6.92 Å². The molecule has 0 bridgehead atoms. The molecule has 0 radical (unpaired) electrons. The Hall–Kier alpha value is -2.74. The number of benzene rings is 3. The first-order chi connectivity index (χ1) is 15.6. The van der Waals surface area contributed by atoms with Gasteiger partial charge in [0.25, 0.3) is 10.0 Å². The summed E-state index contributed by atoms with van der Waals surface area (Å²) >= 11 is 12.2. The second kappa shape index (κ2) is 10.5. The topological polar surface area (TPSA) is 75.7 Å². The highest BCUT2D eigenvalue weighted by Crippen LogP contribution is 2.30. The zero-order valence-corrected chi connectivity index (χ0v) is 20.7. The van der Waals surface area contributed by atoms with Crippen LogP contribution < -0.4 is 14.4 Å². The highest BCUT2D eigenvalue weighted by atomic mass is 35.5. The van der Waals surface area contributed by atoms with Gasteiger partial charge < -0.3 is 10.1 Å². The summed E-state index contributed by atoms with van der Waals surface area (Å²) in [5.41, 5.74) is 1.96. The lowest BCUT2D eigenvalue weighted by molar-refractivity contribution is -0.120. The Labute approximate surface area is 204 Å². The Bertz CT molecular complexity index is 1210. The zero-order chi connectivity index (χ0) is 24.2. The fraction of sp³-hybridized carbons (Fsp3) is 0.208. The minimum Gasteiger partial charge on any atom is -0.497 e. The van der Waals surface area contributed by atoms with Crippen molar-refractivity contribution in [1.82, 2.24) is 5.32 Å². The zero-order valence-electron chi connectivity index (χ0n) is 18.4. The number of hydrogen-bond donors (Lipinski definition) is 1. The summed E-state index contributed by atoms with van der Waals surface area (Å²) in [6.07, 6.45) is 0. The molecule has 1 atom stereocenters. The van der Waals surface area contributed by atoms with Gasteiger partial charge in [0.2, 0.25) is 5.91 Å². The molecule has 174 valence electrons. The van der Waals surface area contributed by atoms with Gasteiger partial charge in [0.05, 0.1) is 23.7 Å². The van der Waals surface area contributed by atoms with Crippen LogP contribution in [0.1, 0.15) is 24.1 Å². The predicted octanol–water partition coefficient (Wildman–Crippen LogP) is 5.38. The van der Waals surface area contributed by atoms with Crippen LogP contribution >= 0.6 is 23.2 Å². The molecule has 33 heavy (non-hydrogen) atoms. The summed E-state index contributed by atoms with van der Waals surface area (Å²) in [5.74, 6) is 0.218. The molecule has 0 aliphatic carbocycles.